The molecule has 1 aliphatic rings. The number of alkyl halides is 3. The third kappa shape index (κ3) is 2.96. The Morgan fingerprint density at radius 1 is 1.17 bits per heavy atom. The maximum atomic E-state index is 13.8. The third-order valence-electron chi connectivity index (χ3n) is 3.64. The van der Waals surface area contributed by atoms with Gasteiger partial charge in [-0.3, -0.25) is 0 Å². The van der Waals surface area contributed by atoms with Crippen molar-refractivity contribution >= 4 is 5.69 Å². The highest BCUT2D eigenvalue weighted by Gasteiger charge is 2.35. The van der Waals surface area contributed by atoms with Gasteiger partial charge in [-0.15, -0.1) is 0 Å². The van der Waals surface area contributed by atoms with Crippen LogP contribution in [0, 0.1) is 5.82 Å². The van der Waals surface area contributed by atoms with Crippen LogP contribution in [-0.2, 0) is 6.18 Å². The smallest absolute Gasteiger partial charge is 0.417 e. The van der Waals surface area contributed by atoms with Crippen molar-refractivity contribution in [3.05, 3.63) is 47.8 Å². The van der Waals surface area contributed by atoms with E-state index in [9.17, 15) is 17.6 Å². The average Bonchev–Trinajstić information content (AvgIpc) is 2.53. The van der Waals surface area contributed by atoms with Gasteiger partial charge in [0.1, 0.15) is 11.9 Å². The zero-order valence-corrected chi connectivity index (χ0v) is 12.0. The molecule has 1 heterocycles. The Labute approximate surface area is 130 Å². The van der Waals surface area contributed by atoms with E-state index in [-0.39, 0.29) is 29.5 Å². The molecular weight excluding hydrogens is 312 g/mol. The first-order valence-electron chi connectivity index (χ1n) is 7.01. The van der Waals surface area contributed by atoms with Gasteiger partial charge in [-0.05, 0) is 17.7 Å². The van der Waals surface area contributed by atoms with Crippen LogP contribution < -0.4 is 15.8 Å². The normalized spacial score (nSPS) is 17.2. The van der Waals surface area contributed by atoms with Crippen LogP contribution in [0.4, 0.5) is 23.2 Å². The van der Waals surface area contributed by atoms with Crippen molar-refractivity contribution in [3.63, 3.8) is 0 Å². The molecule has 0 saturated heterocycles. The molecule has 0 amide bonds. The summed E-state index contributed by atoms with van der Waals surface area (Å²) in [7, 11) is 0. The summed E-state index contributed by atoms with van der Waals surface area (Å²) in [4.78, 5) is 0. The Bertz CT molecular complexity index is 731. The fourth-order valence-electron chi connectivity index (χ4n) is 2.58. The minimum absolute atomic E-state index is 0.0542. The lowest BCUT2D eigenvalue weighted by molar-refractivity contribution is -0.137. The zero-order chi connectivity index (χ0) is 16.6. The number of nitrogens with two attached hydrogens (primary N) is 1. The van der Waals surface area contributed by atoms with Crippen LogP contribution in [0.15, 0.2) is 36.4 Å². The van der Waals surface area contributed by atoms with Crippen molar-refractivity contribution in [2.24, 2.45) is 5.73 Å². The van der Waals surface area contributed by atoms with Gasteiger partial charge in [-0.25, -0.2) is 4.39 Å². The lowest BCUT2D eigenvalue weighted by Gasteiger charge is -2.29. The molecule has 0 saturated carbocycles. The fraction of sp³-hybridized carbons (Fsp3) is 0.250. The van der Waals surface area contributed by atoms with Crippen molar-refractivity contribution in [1.82, 2.24) is 0 Å². The first-order chi connectivity index (χ1) is 10.9. The fourth-order valence-corrected chi connectivity index (χ4v) is 2.58. The molecule has 0 bridgehead atoms. The van der Waals surface area contributed by atoms with Gasteiger partial charge in [0, 0.05) is 18.2 Å². The molecule has 23 heavy (non-hydrogen) atoms. The highest BCUT2D eigenvalue weighted by molar-refractivity contribution is 5.81. The standard InChI is InChI=1S/C16H14F4N2O/c17-9-5-12(11-3-1-2-4-13(11)16(18,19)20)15-14(6-9)22-8-10(7-21)23-15/h1-6,10,22H,7-8,21H2/t10-/m1/s1. The number of fused-ring (bicyclic) bond motifs is 1. The summed E-state index contributed by atoms with van der Waals surface area (Å²) in [6.45, 7) is 0.567. The van der Waals surface area contributed by atoms with Crippen molar-refractivity contribution in [2.45, 2.75) is 12.3 Å². The van der Waals surface area contributed by atoms with E-state index in [1.807, 2.05) is 0 Å². The third-order valence-corrected chi connectivity index (χ3v) is 3.64. The second kappa shape index (κ2) is 5.73. The lowest BCUT2D eigenvalue weighted by atomic mass is 9.97. The van der Waals surface area contributed by atoms with Crippen LogP contribution in [-0.4, -0.2) is 19.2 Å². The SMILES string of the molecule is NC[C@@H]1CNc2cc(F)cc(-c3ccccc3C(F)(F)F)c2O1. The van der Waals surface area contributed by atoms with E-state index in [1.165, 1.54) is 24.3 Å². The van der Waals surface area contributed by atoms with Crippen LogP contribution in [0.25, 0.3) is 11.1 Å². The molecule has 0 radical (unpaired) electrons. The van der Waals surface area contributed by atoms with Gasteiger partial charge in [-0.2, -0.15) is 13.2 Å². The van der Waals surface area contributed by atoms with Gasteiger partial charge in [0.2, 0.25) is 0 Å². The molecule has 1 atom stereocenters. The Kier molecular flexibility index (Phi) is 3.89. The number of nitrogens with one attached hydrogen (secondary N) is 1. The number of ether oxygens (including phenoxy) is 1. The van der Waals surface area contributed by atoms with Crippen molar-refractivity contribution in [1.29, 1.82) is 0 Å². The van der Waals surface area contributed by atoms with Crippen LogP contribution in [0.1, 0.15) is 5.56 Å². The summed E-state index contributed by atoms with van der Waals surface area (Å²) in [5.41, 5.74) is 4.96. The molecule has 1 aliphatic heterocycles. The van der Waals surface area contributed by atoms with E-state index in [1.54, 1.807) is 0 Å². The summed E-state index contributed by atoms with van der Waals surface area (Å²) in [6, 6.07) is 7.26. The molecule has 3 N–H and O–H groups in total. The molecule has 0 unspecified atom stereocenters. The van der Waals surface area contributed by atoms with Crippen LogP contribution in [0.5, 0.6) is 5.75 Å². The van der Waals surface area contributed by atoms with E-state index in [0.717, 1.165) is 12.1 Å². The molecule has 0 fully saturated rings. The summed E-state index contributed by atoms with van der Waals surface area (Å²) >= 11 is 0. The van der Waals surface area contributed by atoms with E-state index >= 15 is 0 Å². The number of anilines is 1. The van der Waals surface area contributed by atoms with Crippen molar-refractivity contribution in [2.75, 3.05) is 18.4 Å². The molecule has 122 valence electrons. The molecule has 3 nitrogen and oxygen atoms in total. The van der Waals surface area contributed by atoms with Gasteiger partial charge < -0.3 is 15.8 Å². The molecular formula is C16H14F4N2O. The maximum Gasteiger partial charge on any atom is 0.417 e. The summed E-state index contributed by atoms with van der Waals surface area (Å²) in [5.74, 6) is -0.456. The molecule has 0 spiro atoms. The first-order valence-corrected chi connectivity index (χ1v) is 7.01. The molecule has 0 aromatic heterocycles. The Morgan fingerprint density at radius 2 is 1.91 bits per heavy atom. The number of hydrogen-bond acceptors (Lipinski definition) is 3. The number of halogens is 4. The highest BCUT2D eigenvalue weighted by atomic mass is 19.4. The molecule has 0 aliphatic carbocycles. The van der Waals surface area contributed by atoms with Crippen LogP contribution >= 0.6 is 0 Å². The molecule has 3 rings (SSSR count). The summed E-state index contributed by atoms with van der Waals surface area (Å²) in [6.07, 6.45) is -4.93. The summed E-state index contributed by atoms with van der Waals surface area (Å²) < 4.78 is 59.2. The molecule has 2 aromatic carbocycles. The minimum Gasteiger partial charge on any atom is -0.484 e. The van der Waals surface area contributed by atoms with Gasteiger partial charge in [0.05, 0.1) is 17.8 Å². The largest absolute Gasteiger partial charge is 0.484 e. The number of rotatable bonds is 2. The Morgan fingerprint density at radius 3 is 2.61 bits per heavy atom. The van der Waals surface area contributed by atoms with E-state index in [2.05, 4.69) is 5.32 Å². The topological polar surface area (TPSA) is 47.3 Å². The number of benzene rings is 2. The lowest BCUT2D eigenvalue weighted by Crippen LogP contribution is -2.37. The van der Waals surface area contributed by atoms with Crippen molar-refractivity contribution < 1.29 is 22.3 Å². The highest BCUT2D eigenvalue weighted by Crippen LogP contribution is 2.44. The van der Waals surface area contributed by atoms with Gasteiger partial charge in [0.25, 0.3) is 0 Å². The average molecular weight is 326 g/mol. The van der Waals surface area contributed by atoms with Gasteiger partial charge >= 0.3 is 6.18 Å². The quantitative estimate of drug-likeness (QED) is 0.828. The van der Waals surface area contributed by atoms with Crippen LogP contribution in [0.2, 0.25) is 0 Å². The zero-order valence-electron chi connectivity index (χ0n) is 12.0. The van der Waals surface area contributed by atoms with Gasteiger partial charge in [0.15, 0.2) is 5.75 Å². The first kappa shape index (κ1) is 15.6. The Balaban J connectivity index is 2.20. The predicted octanol–water partition coefficient (Wildman–Crippen LogP) is 3.64. The predicted molar refractivity (Wildman–Crippen MR) is 78.8 cm³/mol. The van der Waals surface area contributed by atoms with E-state index in [0.29, 0.717) is 12.2 Å². The number of hydrogen-bond donors (Lipinski definition) is 2. The molecule has 7 heteroatoms. The van der Waals surface area contributed by atoms with Gasteiger partial charge in [-0.1, -0.05) is 18.2 Å². The minimum atomic E-state index is -4.55. The second-order valence-corrected chi connectivity index (χ2v) is 5.23. The maximum absolute atomic E-state index is 13.8. The van der Waals surface area contributed by atoms with Crippen LogP contribution in [0.3, 0.4) is 0 Å². The van der Waals surface area contributed by atoms with E-state index in [4.69, 9.17) is 10.5 Å². The monoisotopic (exact) mass is 326 g/mol. The molecule has 2 aromatic rings. The second-order valence-electron chi connectivity index (χ2n) is 5.23. The van der Waals surface area contributed by atoms with E-state index < -0.39 is 17.6 Å². The summed E-state index contributed by atoms with van der Waals surface area (Å²) in [5, 5.41) is 2.95. The Hall–Kier alpha value is -2.28. The van der Waals surface area contributed by atoms with Crippen molar-refractivity contribution in [3.8, 4) is 16.9 Å².